The summed E-state index contributed by atoms with van der Waals surface area (Å²) in [5, 5.41) is 13.6. The molecule has 2 unspecified atom stereocenters. The molecular formula is C27H22F2N6O2. The van der Waals surface area contributed by atoms with E-state index in [2.05, 4.69) is 20.8 Å². The van der Waals surface area contributed by atoms with Gasteiger partial charge in [0.1, 0.15) is 24.0 Å². The van der Waals surface area contributed by atoms with Crippen molar-refractivity contribution >= 4 is 17.5 Å². The first-order valence-corrected chi connectivity index (χ1v) is 11.6. The normalized spacial score (nSPS) is 15.0. The lowest BCUT2D eigenvalue weighted by Crippen LogP contribution is -2.46. The Morgan fingerprint density at radius 1 is 1.00 bits per heavy atom. The number of carbonyl (C=O) groups is 2. The lowest BCUT2D eigenvalue weighted by atomic mass is 10.0. The van der Waals surface area contributed by atoms with E-state index in [0.29, 0.717) is 11.5 Å². The van der Waals surface area contributed by atoms with Crippen LogP contribution < -0.4 is 10.6 Å². The lowest BCUT2D eigenvalue weighted by molar-refractivity contribution is -0.128. The maximum Gasteiger partial charge on any atom is 0.244 e. The average Bonchev–Trinajstić information content (AvgIpc) is 3.31. The largest absolute Gasteiger partial charge is 0.344 e. The third-order valence-electron chi connectivity index (χ3n) is 5.88. The van der Waals surface area contributed by atoms with Gasteiger partial charge in [-0.2, -0.15) is 0 Å². The molecule has 0 aliphatic carbocycles. The maximum atomic E-state index is 13.4. The second-order valence-electron chi connectivity index (χ2n) is 8.57. The number of nitrogens with one attached hydrogen (secondary N) is 2. The fourth-order valence-corrected chi connectivity index (χ4v) is 4.20. The fraction of sp³-hybridized carbons (Fsp3) is 0.148. The molecule has 186 valence electrons. The van der Waals surface area contributed by atoms with Crippen molar-refractivity contribution < 1.29 is 18.4 Å². The molecule has 0 radical (unpaired) electrons. The first-order chi connectivity index (χ1) is 17.9. The highest BCUT2D eigenvalue weighted by Crippen LogP contribution is 2.28. The molecule has 5 rings (SSSR count). The predicted molar refractivity (Wildman–Crippen MR) is 132 cm³/mol. The van der Waals surface area contributed by atoms with E-state index in [4.69, 9.17) is 4.99 Å². The monoisotopic (exact) mass is 500 g/mol. The topological polar surface area (TPSA) is 101 Å². The molecule has 3 aromatic carbocycles. The van der Waals surface area contributed by atoms with E-state index >= 15 is 0 Å². The van der Waals surface area contributed by atoms with Gasteiger partial charge in [-0.3, -0.25) is 19.1 Å². The molecule has 2 amide bonds. The van der Waals surface area contributed by atoms with Crippen LogP contribution in [0.2, 0.25) is 0 Å². The Bertz CT molecular complexity index is 1480. The quantitative estimate of drug-likeness (QED) is 0.424. The van der Waals surface area contributed by atoms with E-state index in [-0.39, 0.29) is 12.0 Å². The lowest BCUT2D eigenvalue weighted by Gasteiger charge is -2.18. The molecule has 0 saturated heterocycles. The molecule has 0 saturated carbocycles. The molecule has 10 heteroatoms. The summed E-state index contributed by atoms with van der Waals surface area (Å²) in [6.45, 7) is 1.51. The van der Waals surface area contributed by atoms with Gasteiger partial charge in [0.05, 0.1) is 17.8 Å². The number of nitrogens with zero attached hydrogens (tertiary/aromatic N) is 4. The van der Waals surface area contributed by atoms with Crippen LogP contribution in [-0.4, -0.2) is 38.3 Å². The molecule has 1 aliphatic rings. The maximum absolute atomic E-state index is 13.4. The number of hydrogen-bond donors (Lipinski definition) is 2. The van der Waals surface area contributed by atoms with Gasteiger partial charge in [0.2, 0.25) is 11.8 Å². The van der Waals surface area contributed by atoms with E-state index in [1.807, 2.05) is 54.6 Å². The fourth-order valence-electron chi connectivity index (χ4n) is 4.20. The zero-order valence-corrected chi connectivity index (χ0v) is 19.7. The van der Waals surface area contributed by atoms with E-state index in [0.717, 1.165) is 35.0 Å². The zero-order chi connectivity index (χ0) is 25.9. The van der Waals surface area contributed by atoms with Gasteiger partial charge in [0.25, 0.3) is 0 Å². The Labute approximate surface area is 211 Å². The van der Waals surface area contributed by atoms with E-state index in [1.54, 1.807) is 10.9 Å². The van der Waals surface area contributed by atoms with Crippen molar-refractivity contribution in [2.75, 3.05) is 0 Å². The number of benzene rings is 3. The summed E-state index contributed by atoms with van der Waals surface area (Å²) >= 11 is 0. The van der Waals surface area contributed by atoms with Gasteiger partial charge in [0.15, 0.2) is 12.0 Å². The number of aromatic nitrogens is 3. The Morgan fingerprint density at radius 3 is 2.46 bits per heavy atom. The predicted octanol–water partition coefficient (Wildman–Crippen LogP) is 3.26. The summed E-state index contributed by atoms with van der Waals surface area (Å²) in [7, 11) is 0. The number of fused-ring (bicyclic) bond motifs is 3. The second-order valence-corrected chi connectivity index (χ2v) is 8.57. The van der Waals surface area contributed by atoms with Crippen molar-refractivity contribution in [2.45, 2.75) is 25.6 Å². The summed E-state index contributed by atoms with van der Waals surface area (Å²) in [5.41, 5.74) is 3.34. The Kier molecular flexibility index (Phi) is 6.55. The molecule has 4 aromatic rings. The van der Waals surface area contributed by atoms with Crippen molar-refractivity contribution in [3.05, 3.63) is 113 Å². The molecule has 0 fully saturated rings. The Hall–Kier alpha value is -4.73. The van der Waals surface area contributed by atoms with Crippen LogP contribution in [-0.2, 0) is 16.0 Å². The summed E-state index contributed by atoms with van der Waals surface area (Å²) in [6, 6.07) is 19.1. The first kappa shape index (κ1) is 24.0. The smallest absolute Gasteiger partial charge is 0.244 e. The van der Waals surface area contributed by atoms with Gasteiger partial charge in [-0.05, 0) is 30.7 Å². The van der Waals surface area contributed by atoms with E-state index < -0.39 is 35.7 Å². The van der Waals surface area contributed by atoms with Crippen LogP contribution in [0.15, 0.2) is 84.1 Å². The van der Waals surface area contributed by atoms with Gasteiger partial charge >= 0.3 is 0 Å². The van der Waals surface area contributed by atoms with Crippen molar-refractivity contribution in [3.8, 4) is 5.69 Å². The van der Waals surface area contributed by atoms with E-state index in [9.17, 15) is 18.4 Å². The number of para-hydroxylation sites is 1. The minimum Gasteiger partial charge on any atom is -0.344 e. The minimum absolute atomic E-state index is 0.161. The van der Waals surface area contributed by atoms with Gasteiger partial charge < -0.3 is 10.6 Å². The van der Waals surface area contributed by atoms with Crippen LogP contribution >= 0.6 is 0 Å². The van der Waals surface area contributed by atoms with Crippen LogP contribution in [0.3, 0.4) is 0 Å². The number of hydrogen-bond acceptors (Lipinski definition) is 5. The molecule has 0 spiro atoms. The summed E-state index contributed by atoms with van der Waals surface area (Å²) < 4.78 is 28.7. The van der Waals surface area contributed by atoms with Crippen LogP contribution in [0.5, 0.6) is 0 Å². The Morgan fingerprint density at radius 2 is 1.70 bits per heavy atom. The van der Waals surface area contributed by atoms with Gasteiger partial charge in [-0.15, -0.1) is 10.2 Å². The highest BCUT2D eigenvalue weighted by Gasteiger charge is 2.29. The number of amides is 2. The molecule has 0 bridgehead atoms. The molecular weight excluding hydrogens is 478 g/mol. The molecule has 8 nitrogen and oxygen atoms in total. The number of aliphatic imine (C=N–C) groups is 1. The van der Waals surface area contributed by atoms with Crippen molar-refractivity contribution in [1.82, 2.24) is 25.4 Å². The number of halogens is 2. The molecule has 2 atom stereocenters. The molecule has 1 aromatic heterocycles. The molecule has 1 aliphatic heterocycles. The minimum atomic E-state index is -0.955. The van der Waals surface area contributed by atoms with Crippen molar-refractivity contribution in [3.63, 3.8) is 0 Å². The molecule has 2 heterocycles. The molecule has 37 heavy (non-hydrogen) atoms. The number of rotatable bonds is 6. The highest BCUT2D eigenvalue weighted by molar-refractivity contribution is 6.15. The first-order valence-electron chi connectivity index (χ1n) is 11.6. The van der Waals surface area contributed by atoms with Gasteiger partial charge in [0, 0.05) is 17.2 Å². The van der Waals surface area contributed by atoms with Crippen molar-refractivity contribution in [2.24, 2.45) is 4.99 Å². The van der Waals surface area contributed by atoms with Crippen LogP contribution in [0.25, 0.3) is 5.69 Å². The average molecular weight is 501 g/mol. The number of carbonyl (C=O) groups excluding carboxylic acids is 2. The summed E-state index contributed by atoms with van der Waals surface area (Å²) in [5.74, 6) is -2.23. The third-order valence-corrected chi connectivity index (χ3v) is 5.88. The summed E-state index contributed by atoms with van der Waals surface area (Å²) in [6.07, 6.45) is 0.379. The van der Waals surface area contributed by atoms with Gasteiger partial charge in [-0.1, -0.05) is 48.5 Å². The zero-order valence-electron chi connectivity index (χ0n) is 19.7. The molecule has 2 N–H and O–H groups in total. The van der Waals surface area contributed by atoms with Crippen LogP contribution in [0.1, 0.15) is 35.6 Å². The highest BCUT2D eigenvalue weighted by atomic mass is 19.1. The van der Waals surface area contributed by atoms with E-state index in [1.165, 1.54) is 6.92 Å². The third kappa shape index (κ3) is 5.13. The summed E-state index contributed by atoms with van der Waals surface area (Å²) in [4.78, 5) is 30.4. The SMILES string of the molecule is CC(NC(=O)Cc1cc(F)cc(F)c1)C(=O)NC1N=C(c2ccccc2)c2ccccc2-n2cnnc21. The Balaban J connectivity index is 1.39. The van der Waals surface area contributed by atoms with Crippen LogP contribution in [0.4, 0.5) is 8.78 Å². The second kappa shape index (κ2) is 10.1. The standard InChI is InChI=1S/C27H22F2N6O2/c1-16(31-23(36)13-17-11-19(28)14-20(29)12-17)27(37)33-25-26-34-30-15-35(26)22-10-6-5-9-21(22)24(32-25)18-7-3-2-4-8-18/h2-12,14-16,25H,13H2,1H3,(H,31,36)(H,33,37). The van der Waals surface area contributed by atoms with Crippen molar-refractivity contribution in [1.29, 1.82) is 0 Å². The van der Waals surface area contributed by atoms with Gasteiger partial charge in [-0.25, -0.2) is 8.78 Å². The van der Waals surface area contributed by atoms with Crippen LogP contribution in [0, 0.1) is 11.6 Å².